The van der Waals surface area contributed by atoms with Gasteiger partial charge in [0.1, 0.15) is 11.5 Å². The minimum atomic E-state index is -3.49. The van der Waals surface area contributed by atoms with Gasteiger partial charge in [0.05, 0.1) is 31.6 Å². The molecule has 1 N–H and O–H groups in total. The summed E-state index contributed by atoms with van der Waals surface area (Å²) in [4.78, 5) is 12.3. The maximum Gasteiger partial charge on any atom is 0.258 e. The first-order valence-corrected chi connectivity index (χ1v) is 12.7. The molecule has 0 saturated heterocycles. The quantitative estimate of drug-likeness (QED) is 0.468. The van der Waals surface area contributed by atoms with Gasteiger partial charge in [-0.15, -0.1) is 0 Å². The third-order valence-corrected chi connectivity index (χ3v) is 6.48. The van der Waals surface area contributed by atoms with E-state index in [-0.39, 0.29) is 25.1 Å². The lowest BCUT2D eigenvalue weighted by molar-refractivity contribution is -0.123. The Morgan fingerprint density at radius 3 is 2.09 bits per heavy atom. The Bertz CT molecular complexity index is 1190. The van der Waals surface area contributed by atoms with Crippen LogP contribution in [0.1, 0.15) is 29.7 Å². The molecule has 0 heterocycles. The molecule has 0 fully saturated rings. The van der Waals surface area contributed by atoms with E-state index in [2.05, 4.69) is 5.32 Å². The summed E-state index contributed by atoms with van der Waals surface area (Å²) in [7, 11) is -1.88. The number of carbonyl (C=O) groups is 1. The predicted octanol–water partition coefficient (Wildman–Crippen LogP) is 4.23. The summed E-state index contributed by atoms with van der Waals surface area (Å²) in [5.41, 5.74) is 3.47. The smallest absolute Gasteiger partial charge is 0.258 e. The molecule has 1 amide bonds. The van der Waals surface area contributed by atoms with E-state index >= 15 is 0 Å². The van der Waals surface area contributed by atoms with Crippen LogP contribution in [0.25, 0.3) is 0 Å². The van der Waals surface area contributed by atoms with E-state index in [4.69, 9.17) is 9.47 Å². The Morgan fingerprint density at radius 2 is 1.53 bits per heavy atom. The van der Waals surface area contributed by atoms with Gasteiger partial charge in [-0.2, -0.15) is 0 Å². The second-order valence-electron chi connectivity index (χ2n) is 8.10. The fraction of sp³-hybridized carbons (Fsp3) is 0.269. The van der Waals surface area contributed by atoms with E-state index in [9.17, 15) is 13.2 Å². The van der Waals surface area contributed by atoms with Gasteiger partial charge in [0.15, 0.2) is 6.61 Å². The molecule has 0 bridgehead atoms. The lowest BCUT2D eigenvalue weighted by Crippen LogP contribution is -2.31. The van der Waals surface area contributed by atoms with Crippen molar-refractivity contribution < 1.29 is 22.7 Å². The minimum absolute atomic E-state index is 0.154. The van der Waals surface area contributed by atoms with Crippen LogP contribution in [-0.2, 0) is 21.4 Å². The predicted molar refractivity (Wildman–Crippen MR) is 134 cm³/mol. The molecular formula is C26H30N2O5S. The van der Waals surface area contributed by atoms with Crippen LogP contribution in [0, 0.1) is 6.92 Å². The van der Waals surface area contributed by atoms with Gasteiger partial charge < -0.3 is 14.8 Å². The molecule has 0 unspecified atom stereocenters. The molecule has 0 aliphatic rings. The van der Waals surface area contributed by atoms with E-state index < -0.39 is 10.0 Å². The number of carbonyl (C=O) groups excluding carboxylic acids is 1. The van der Waals surface area contributed by atoms with Gasteiger partial charge in [-0.25, -0.2) is 8.42 Å². The lowest BCUT2D eigenvalue weighted by Gasteiger charge is -2.23. The van der Waals surface area contributed by atoms with Gasteiger partial charge >= 0.3 is 0 Å². The summed E-state index contributed by atoms with van der Waals surface area (Å²) in [5, 5.41) is 2.89. The van der Waals surface area contributed by atoms with Crippen molar-refractivity contribution in [3.63, 3.8) is 0 Å². The zero-order valence-corrected chi connectivity index (χ0v) is 20.6. The summed E-state index contributed by atoms with van der Waals surface area (Å²) in [5.74, 6) is 0.965. The van der Waals surface area contributed by atoms with E-state index in [0.717, 1.165) is 22.4 Å². The fourth-order valence-electron chi connectivity index (χ4n) is 3.38. The molecule has 0 saturated carbocycles. The number of nitrogens with one attached hydrogen (secondary N) is 1. The van der Waals surface area contributed by atoms with Crippen LogP contribution in [-0.4, -0.2) is 34.3 Å². The van der Waals surface area contributed by atoms with Gasteiger partial charge in [-0.3, -0.25) is 9.10 Å². The highest BCUT2D eigenvalue weighted by molar-refractivity contribution is 7.92. The topological polar surface area (TPSA) is 84.9 Å². The van der Waals surface area contributed by atoms with Crippen LogP contribution >= 0.6 is 0 Å². The van der Waals surface area contributed by atoms with Crippen LogP contribution in [0.3, 0.4) is 0 Å². The Morgan fingerprint density at radius 1 is 0.941 bits per heavy atom. The summed E-state index contributed by atoms with van der Waals surface area (Å²) in [6, 6.07) is 21.7. The van der Waals surface area contributed by atoms with E-state index in [0.29, 0.717) is 11.4 Å². The molecule has 0 spiro atoms. The Labute approximate surface area is 201 Å². The number of anilines is 1. The molecule has 3 aromatic carbocycles. The standard InChI is InChI=1S/C26H30N2O5S/c1-19-5-7-21(8-6-19)17-28(34(4,30)31)23-11-15-25(16-12-23)33-18-26(29)27-20(2)22-9-13-24(32-3)14-10-22/h5-16,20H,17-18H2,1-4H3,(H,27,29)/t20-/m0/s1. The maximum absolute atomic E-state index is 12.4. The second kappa shape index (κ2) is 11.1. The third-order valence-electron chi connectivity index (χ3n) is 5.34. The monoisotopic (exact) mass is 482 g/mol. The van der Waals surface area contributed by atoms with E-state index in [1.807, 2.05) is 62.4 Å². The van der Waals surface area contributed by atoms with E-state index in [1.54, 1.807) is 31.4 Å². The number of hydrogen-bond donors (Lipinski definition) is 1. The van der Waals surface area contributed by atoms with Crippen LogP contribution in [0.15, 0.2) is 72.8 Å². The number of sulfonamides is 1. The highest BCUT2D eigenvalue weighted by atomic mass is 32.2. The van der Waals surface area contributed by atoms with Crippen molar-refractivity contribution in [2.24, 2.45) is 0 Å². The highest BCUT2D eigenvalue weighted by Gasteiger charge is 2.18. The first-order valence-electron chi connectivity index (χ1n) is 10.8. The average molecular weight is 483 g/mol. The van der Waals surface area contributed by atoms with Gasteiger partial charge in [0.25, 0.3) is 5.91 Å². The largest absolute Gasteiger partial charge is 0.497 e. The van der Waals surface area contributed by atoms with Crippen molar-refractivity contribution in [1.29, 1.82) is 0 Å². The number of rotatable bonds is 10. The van der Waals surface area contributed by atoms with Crippen LogP contribution in [0.5, 0.6) is 11.5 Å². The summed E-state index contributed by atoms with van der Waals surface area (Å²) in [6.07, 6.45) is 1.18. The molecule has 3 rings (SSSR count). The molecule has 180 valence electrons. The zero-order valence-electron chi connectivity index (χ0n) is 19.8. The minimum Gasteiger partial charge on any atom is -0.497 e. The summed E-state index contributed by atoms with van der Waals surface area (Å²) >= 11 is 0. The molecule has 7 nitrogen and oxygen atoms in total. The average Bonchev–Trinajstić information content (AvgIpc) is 2.82. The number of nitrogens with zero attached hydrogens (tertiary/aromatic N) is 1. The molecule has 0 aliphatic carbocycles. The van der Waals surface area contributed by atoms with Crippen molar-refractivity contribution in [3.8, 4) is 11.5 Å². The maximum atomic E-state index is 12.4. The first kappa shape index (κ1) is 25.1. The van der Waals surface area contributed by atoms with Gasteiger partial charge in [-0.05, 0) is 61.4 Å². The van der Waals surface area contributed by atoms with Crippen LogP contribution in [0.4, 0.5) is 5.69 Å². The zero-order chi connectivity index (χ0) is 24.7. The molecular weight excluding hydrogens is 452 g/mol. The van der Waals surface area contributed by atoms with Crippen LogP contribution in [0.2, 0.25) is 0 Å². The molecule has 0 radical (unpaired) electrons. The Hall–Kier alpha value is -3.52. The second-order valence-corrected chi connectivity index (χ2v) is 10.0. The molecule has 3 aromatic rings. The third kappa shape index (κ3) is 6.99. The summed E-state index contributed by atoms with van der Waals surface area (Å²) in [6.45, 7) is 3.95. The number of benzene rings is 3. The van der Waals surface area contributed by atoms with Gasteiger partial charge in [0.2, 0.25) is 10.0 Å². The van der Waals surface area contributed by atoms with Crippen molar-refractivity contribution in [2.45, 2.75) is 26.4 Å². The number of methoxy groups -OCH3 is 1. The molecule has 34 heavy (non-hydrogen) atoms. The fourth-order valence-corrected chi connectivity index (χ4v) is 4.26. The van der Waals surface area contributed by atoms with Crippen molar-refractivity contribution >= 4 is 21.6 Å². The summed E-state index contributed by atoms with van der Waals surface area (Å²) < 4.78 is 36.9. The Balaban J connectivity index is 1.59. The van der Waals surface area contributed by atoms with Crippen molar-refractivity contribution in [3.05, 3.63) is 89.5 Å². The van der Waals surface area contributed by atoms with Crippen LogP contribution < -0.4 is 19.1 Å². The molecule has 8 heteroatoms. The lowest BCUT2D eigenvalue weighted by atomic mass is 10.1. The van der Waals surface area contributed by atoms with Gasteiger partial charge in [-0.1, -0.05) is 42.0 Å². The Kier molecular flexibility index (Phi) is 8.17. The number of amides is 1. The number of aryl methyl sites for hydroxylation is 1. The van der Waals surface area contributed by atoms with Crippen molar-refractivity contribution in [1.82, 2.24) is 5.32 Å². The normalized spacial score (nSPS) is 12.0. The van der Waals surface area contributed by atoms with Crippen molar-refractivity contribution in [2.75, 3.05) is 24.3 Å². The SMILES string of the molecule is COc1ccc([C@H](C)NC(=O)COc2ccc(N(Cc3ccc(C)cc3)S(C)(=O)=O)cc2)cc1. The molecule has 1 atom stereocenters. The van der Waals surface area contributed by atoms with E-state index in [1.165, 1.54) is 10.6 Å². The molecule has 0 aliphatic heterocycles. The molecule has 0 aromatic heterocycles. The number of hydrogen-bond acceptors (Lipinski definition) is 5. The highest BCUT2D eigenvalue weighted by Crippen LogP contribution is 2.24. The number of ether oxygens (including phenoxy) is 2. The van der Waals surface area contributed by atoms with Gasteiger partial charge in [0, 0.05) is 0 Å². The first-order chi connectivity index (χ1) is 16.2.